The van der Waals surface area contributed by atoms with Crippen LogP contribution in [-0.2, 0) is 51.0 Å². The van der Waals surface area contributed by atoms with E-state index in [-0.39, 0.29) is 30.9 Å². The lowest BCUT2D eigenvalue weighted by molar-refractivity contribution is -0.161. The number of hydrogen-bond donors (Lipinski definition) is 5. The third-order valence-electron chi connectivity index (χ3n) is 11.8. The van der Waals surface area contributed by atoms with Crippen molar-refractivity contribution in [1.82, 2.24) is 9.55 Å². The molecule has 4 unspecified atom stereocenters. The van der Waals surface area contributed by atoms with Crippen molar-refractivity contribution in [2.75, 3.05) is 25.6 Å². The summed E-state index contributed by atoms with van der Waals surface area (Å²) in [6.07, 6.45) is 33.6. The van der Waals surface area contributed by atoms with E-state index < -0.39 is 83.7 Å². The first kappa shape index (κ1) is 62.0. The van der Waals surface area contributed by atoms with Crippen LogP contribution < -0.4 is 11.4 Å². The number of rotatable bonds is 41. The van der Waals surface area contributed by atoms with Crippen LogP contribution in [0.4, 0.5) is 5.82 Å². The highest BCUT2D eigenvalue weighted by molar-refractivity contribution is 7.61. The number of aromatic nitrogens is 2. The number of phosphoric ester groups is 2. The number of esters is 2. The highest BCUT2D eigenvalue weighted by Gasteiger charge is 2.46. The van der Waals surface area contributed by atoms with Crippen molar-refractivity contribution < 1.29 is 71.0 Å². The summed E-state index contributed by atoms with van der Waals surface area (Å²) in [5.41, 5.74) is 4.58. The fraction of sp³-hybridized carbons (Fsp3) is 0.720. The van der Waals surface area contributed by atoms with E-state index in [1.165, 1.54) is 63.9 Å². The zero-order valence-corrected chi connectivity index (χ0v) is 43.7. The third kappa shape index (κ3) is 28.1. The quantitative estimate of drug-likeness (QED) is 0.0134. The smallest absolute Gasteiger partial charge is 0.462 e. The Balaban J connectivity index is 1.42. The van der Waals surface area contributed by atoms with Gasteiger partial charge in [0.15, 0.2) is 12.3 Å². The monoisotopic (exact) mass is 1040 g/mol. The summed E-state index contributed by atoms with van der Waals surface area (Å²) in [6.45, 7) is 2.05. The maximum atomic E-state index is 12.9. The van der Waals surface area contributed by atoms with E-state index in [1.807, 2.05) is 12.2 Å². The van der Waals surface area contributed by atoms with Crippen LogP contribution in [0.3, 0.4) is 0 Å². The molecule has 1 aromatic heterocycles. The van der Waals surface area contributed by atoms with Gasteiger partial charge in [0.25, 0.3) is 0 Å². The van der Waals surface area contributed by atoms with Crippen molar-refractivity contribution in [3.63, 3.8) is 0 Å². The number of nitrogens with zero attached hydrogens (tertiary/aromatic N) is 2. The number of epoxide rings is 1. The van der Waals surface area contributed by atoms with Gasteiger partial charge in [0.2, 0.25) is 0 Å². The van der Waals surface area contributed by atoms with Crippen LogP contribution in [0.2, 0.25) is 0 Å². The Kier molecular flexibility index (Phi) is 31.2. The highest BCUT2D eigenvalue weighted by Crippen LogP contribution is 2.60. The van der Waals surface area contributed by atoms with Gasteiger partial charge in [-0.2, -0.15) is 9.29 Å². The molecule has 0 aromatic carbocycles. The Morgan fingerprint density at radius 3 is 1.90 bits per heavy atom. The first-order chi connectivity index (χ1) is 34.1. The van der Waals surface area contributed by atoms with E-state index >= 15 is 0 Å². The zero-order valence-electron chi connectivity index (χ0n) is 42.0. The number of unbranched alkanes of at least 4 members (excludes halogenated alkanes) is 15. The van der Waals surface area contributed by atoms with Gasteiger partial charge in [-0.15, -0.1) is 0 Å². The number of nitrogen functional groups attached to an aromatic ring is 1. The minimum Gasteiger partial charge on any atom is -0.462 e. The second kappa shape index (κ2) is 35.8. The summed E-state index contributed by atoms with van der Waals surface area (Å²) in [7, 11) is -10.9. The van der Waals surface area contributed by atoms with Gasteiger partial charge in [-0.05, 0) is 83.1 Å². The van der Waals surface area contributed by atoms with Crippen molar-refractivity contribution in [2.24, 2.45) is 0 Å². The summed E-state index contributed by atoms with van der Waals surface area (Å²) in [5, 5.41) is 20.9. The number of hydrogen-bond acceptors (Lipinski definition) is 16. The predicted octanol–water partition coefficient (Wildman–Crippen LogP) is 9.54. The van der Waals surface area contributed by atoms with Gasteiger partial charge in [-0.25, -0.2) is 13.9 Å². The zero-order chi connectivity index (χ0) is 51.7. The number of aliphatic hydroxyl groups is 2. The molecule has 0 bridgehead atoms. The van der Waals surface area contributed by atoms with Gasteiger partial charge in [0.1, 0.15) is 30.7 Å². The van der Waals surface area contributed by atoms with Crippen LogP contribution in [0.25, 0.3) is 0 Å². The average molecular weight is 1040 g/mol. The summed E-state index contributed by atoms with van der Waals surface area (Å²) in [4.78, 5) is 62.0. The van der Waals surface area contributed by atoms with Gasteiger partial charge in [0, 0.05) is 19.0 Å². The largest absolute Gasteiger partial charge is 0.481 e. The molecule has 2 saturated heterocycles. The average Bonchev–Trinajstić information content (AvgIpc) is 4.02. The molecule has 0 aliphatic carbocycles. The van der Waals surface area contributed by atoms with Crippen LogP contribution in [0.15, 0.2) is 65.7 Å². The minimum atomic E-state index is -5.44. The van der Waals surface area contributed by atoms with E-state index in [0.717, 1.165) is 75.0 Å². The van der Waals surface area contributed by atoms with E-state index in [2.05, 4.69) is 59.6 Å². The summed E-state index contributed by atoms with van der Waals surface area (Å²) < 4.78 is 62.5. The van der Waals surface area contributed by atoms with Crippen molar-refractivity contribution in [3.8, 4) is 0 Å². The fourth-order valence-electron chi connectivity index (χ4n) is 7.64. The van der Waals surface area contributed by atoms with Crippen LogP contribution in [0.1, 0.15) is 174 Å². The number of ether oxygens (including phenoxy) is 4. The van der Waals surface area contributed by atoms with Crippen LogP contribution in [0.5, 0.6) is 0 Å². The first-order valence-corrected chi connectivity index (χ1v) is 28.8. The lowest BCUT2D eigenvalue weighted by Crippen LogP contribution is -2.36. The Morgan fingerprint density at radius 2 is 1.23 bits per heavy atom. The topological polar surface area (TPSA) is 278 Å². The first-order valence-electron chi connectivity index (χ1n) is 25.8. The number of nitrogens with two attached hydrogens (primary N) is 1. The SMILES string of the molecule is CCCCC/C=C\C/C=C\CC1OC1C/C=C\CCCC(=O)OC[C@H](COP(=O)(O)OP(=O)(O)OC[C@H]1O[C@@H](n2ccc(N)nc2=O)[C@H](O)[C@@H]1O)OC(=O)CCCCCCC/C=C\CCCCCCCC. The molecule has 2 aliphatic heterocycles. The molecule has 3 heterocycles. The summed E-state index contributed by atoms with van der Waals surface area (Å²) >= 11 is 0. The number of allylic oxidation sites excluding steroid dienone is 6. The molecule has 0 saturated carbocycles. The van der Waals surface area contributed by atoms with Crippen molar-refractivity contribution in [3.05, 3.63) is 71.4 Å². The molecule has 9 atom stereocenters. The maximum Gasteiger partial charge on any atom is 0.481 e. The Labute approximate surface area is 420 Å². The lowest BCUT2D eigenvalue weighted by atomic mass is 10.1. The molecule has 71 heavy (non-hydrogen) atoms. The Morgan fingerprint density at radius 1 is 0.690 bits per heavy atom. The van der Waals surface area contributed by atoms with Crippen LogP contribution >= 0.6 is 15.6 Å². The molecule has 2 fully saturated rings. The summed E-state index contributed by atoms with van der Waals surface area (Å²) in [6, 6.07) is 1.24. The molecule has 2 aliphatic rings. The molecular weight excluding hydrogens is 961 g/mol. The van der Waals surface area contributed by atoms with Gasteiger partial charge < -0.3 is 44.7 Å². The summed E-state index contributed by atoms with van der Waals surface area (Å²) in [5.74, 6) is -1.38. The van der Waals surface area contributed by atoms with Crippen LogP contribution in [-0.4, -0.2) is 97.9 Å². The van der Waals surface area contributed by atoms with Gasteiger partial charge in [0.05, 0.1) is 25.4 Å². The number of aliphatic hydroxyl groups excluding tert-OH is 2. The Bertz CT molecular complexity index is 1950. The second-order valence-electron chi connectivity index (χ2n) is 18.1. The molecule has 0 amide bonds. The van der Waals surface area contributed by atoms with Gasteiger partial charge in [-0.1, -0.05) is 127 Å². The number of anilines is 1. The molecule has 0 spiro atoms. The highest BCUT2D eigenvalue weighted by atomic mass is 31.3. The third-order valence-corrected chi connectivity index (χ3v) is 14.4. The van der Waals surface area contributed by atoms with Crippen molar-refractivity contribution >= 4 is 33.4 Å². The number of phosphoric acid groups is 2. The molecule has 0 radical (unpaired) electrons. The normalized spacial score (nSPS) is 22.4. The van der Waals surface area contributed by atoms with E-state index in [4.69, 9.17) is 33.7 Å². The maximum absolute atomic E-state index is 12.9. The molecule has 6 N–H and O–H groups in total. The van der Waals surface area contributed by atoms with Gasteiger partial charge >= 0.3 is 33.3 Å². The predicted molar refractivity (Wildman–Crippen MR) is 270 cm³/mol. The van der Waals surface area contributed by atoms with E-state index in [0.29, 0.717) is 19.3 Å². The van der Waals surface area contributed by atoms with E-state index in [1.54, 1.807) is 0 Å². The molecule has 1 aromatic rings. The Hall–Kier alpha value is -3.32. The molecule has 21 heteroatoms. The van der Waals surface area contributed by atoms with Crippen molar-refractivity contribution in [1.29, 1.82) is 0 Å². The standard InChI is InChI=1S/C50H83N3O16P2/c1-3-5-7-9-11-13-14-15-16-17-18-20-22-24-30-34-46(55)66-40(37-63-45(54)33-29-26-25-28-32-42-41(67-42)31-27-23-21-19-12-10-8-6-4-2)38-64-70(59,60)69-71(61,62)65-39-43-47(56)48(57)49(68-43)53-36-35-44(51)52-50(53)58/h12,15-16,19,23,25,27-28,35-36,40-43,47-49,56-57H,3-11,13-14,17-18,20-22,24,26,29-34,37-39H2,1-2H3,(H,59,60)(H,61,62)(H2,51,52,58)/b16-15-,19-12-,27-23-,28-25-/t40-,41?,42?,43-,47-,48-,49-/m1/s1. The lowest BCUT2D eigenvalue weighted by Gasteiger charge is -2.21. The molecule has 3 rings (SSSR count). The number of carbonyl (C=O) groups is 2. The fourth-order valence-corrected chi connectivity index (χ4v) is 9.75. The minimum absolute atomic E-state index is 0.0240. The van der Waals surface area contributed by atoms with E-state index in [9.17, 15) is 43.5 Å². The molecular formula is C50H83N3O16P2. The molecule has 19 nitrogen and oxygen atoms in total. The molecule has 404 valence electrons. The second-order valence-corrected chi connectivity index (χ2v) is 21.1. The van der Waals surface area contributed by atoms with Crippen LogP contribution in [0, 0.1) is 0 Å². The number of carbonyl (C=O) groups excluding carboxylic acids is 2. The van der Waals surface area contributed by atoms with Crippen molar-refractivity contribution in [2.45, 2.75) is 211 Å². The van der Waals surface area contributed by atoms with Gasteiger partial charge in [-0.3, -0.25) is 23.2 Å².